The van der Waals surface area contributed by atoms with Crippen LogP contribution in [0.2, 0.25) is 0 Å². The van der Waals surface area contributed by atoms with E-state index in [9.17, 15) is 9.50 Å². The molecule has 1 aliphatic rings. The summed E-state index contributed by atoms with van der Waals surface area (Å²) in [5, 5.41) is 17.4. The Labute approximate surface area is 91.4 Å². The second kappa shape index (κ2) is 3.30. The molecule has 16 heavy (non-hydrogen) atoms. The van der Waals surface area contributed by atoms with Gasteiger partial charge in [-0.2, -0.15) is 0 Å². The van der Waals surface area contributed by atoms with Crippen molar-refractivity contribution in [3.05, 3.63) is 30.3 Å². The Kier molecular flexibility index (Phi) is 1.92. The summed E-state index contributed by atoms with van der Waals surface area (Å²) in [6.07, 6.45) is 3.79. The number of nitrogens with zero attached hydrogens (tertiary/aromatic N) is 3. The smallest absolute Gasteiger partial charge is 0.167 e. The molecule has 0 amide bonds. The Hall–Kier alpha value is -1.91. The first-order valence-corrected chi connectivity index (χ1v) is 5.14. The van der Waals surface area contributed by atoms with Gasteiger partial charge < -0.3 is 9.67 Å². The minimum absolute atomic E-state index is 0.0244. The van der Waals surface area contributed by atoms with Gasteiger partial charge in [-0.05, 0) is 31.0 Å². The normalized spacial score (nSPS) is 15.3. The van der Waals surface area contributed by atoms with Crippen molar-refractivity contribution in [2.24, 2.45) is 0 Å². The van der Waals surface area contributed by atoms with Gasteiger partial charge in [0.15, 0.2) is 5.82 Å². The van der Waals surface area contributed by atoms with Crippen molar-refractivity contribution in [1.29, 1.82) is 0 Å². The molecule has 0 aliphatic heterocycles. The van der Waals surface area contributed by atoms with Gasteiger partial charge in [0, 0.05) is 6.04 Å². The molecule has 82 valence electrons. The number of aromatic nitrogens is 3. The van der Waals surface area contributed by atoms with Gasteiger partial charge in [0.2, 0.25) is 0 Å². The summed E-state index contributed by atoms with van der Waals surface area (Å²) in [7, 11) is 0. The van der Waals surface area contributed by atoms with Crippen LogP contribution in [0.25, 0.3) is 11.4 Å². The monoisotopic (exact) mass is 219 g/mol. The van der Waals surface area contributed by atoms with E-state index in [1.54, 1.807) is 6.33 Å². The third-order valence-corrected chi connectivity index (χ3v) is 2.71. The van der Waals surface area contributed by atoms with E-state index in [1.807, 2.05) is 4.57 Å². The van der Waals surface area contributed by atoms with Gasteiger partial charge in [-0.1, -0.05) is 0 Å². The van der Waals surface area contributed by atoms with Crippen molar-refractivity contribution < 1.29 is 9.50 Å². The lowest BCUT2D eigenvalue weighted by Crippen LogP contribution is -1.96. The fraction of sp³-hybridized carbons (Fsp3) is 0.273. The summed E-state index contributed by atoms with van der Waals surface area (Å²) < 4.78 is 15.0. The third-order valence-electron chi connectivity index (χ3n) is 2.71. The van der Waals surface area contributed by atoms with Crippen LogP contribution in [0.5, 0.6) is 5.75 Å². The second-order valence-corrected chi connectivity index (χ2v) is 3.95. The summed E-state index contributed by atoms with van der Waals surface area (Å²) >= 11 is 0. The number of phenolic OH excluding ortho intramolecular Hbond substituents is 1. The molecule has 0 unspecified atom stereocenters. The van der Waals surface area contributed by atoms with E-state index in [-0.39, 0.29) is 5.75 Å². The molecule has 0 bridgehead atoms. The molecule has 1 N–H and O–H groups in total. The molecule has 1 heterocycles. The predicted octanol–water partition coefficient (Wildman–Crippen LogP) is 2.12. The molecule has 3 rings (SSSR count). The van der Waals surface area contributed by atoms with Crippen LogP contribution >= 0.6 is 0 Å². The Morgan fingerprint density at radius 1 is 1.38 bits per heavy atom. The maximum atomic E-state index is 13.1. The van der Waals surface area contributed by atoms with Crippen LogP contribution in [0.4, 0.5) is 4.39 Å². The number of benzene rings is 1. The van der Waals surface area contributed by atoms with E-state index in [2.05, 4.69) is 10.2 Å². The first-order chi connectivity index (χ1) is 7.75. The summed E-state index contributed by atoms with van der Waals surface area (Å²) in [4.78, 5) is 0. The molecule has 1 aliphatic carbocycles. The van der Waals surface area contributed by atoms with Crippen molar-refractivity contribution in [3.8, 4) is 17.1 Å². The highest BCUT2D eigenvalue weighted by molar-refractivity contribution is 5.63. The van der Waals surface area contributed by atoms with Gasteiger partial charge in [0.1, 0.15) is 17.9 Å². The summed E-state index contributed by atoms with van der Waals surface area (Å²) in [5.74, 6) is 0.161. The molecule has 2 aromatic rings. The molecule has 1 fully saturated rings. The summed E-state index contributed by atoms with van der Waals surface area (Å²) in [5.41, 5.74) is 0.393. The number of rotatable bonds is 2. The third kappa shape index (κ3) is 1.44. The minimum Gasteiger partial charge on any atom is -0.507 e. The SMILES string of the molecule is Oc1ccc(F)cc1-c1nncn1C1CC1. The number of halogens is 1. The molecular weight excluding hydrogens is 209 g/mol. The van der Waals surface area contributed by atoms with E-state index in [0.717, 1.165) is 12.8 Å². The Bertz CT molecular complexity index is 534. The molecule has 0 atom stereocenters. The van der Waals surface area contributed by atoms with Crippen LogP contribution in [0.3, 0.4) is 0 Å². The standard InChI is InChI=1S/C11H10FN3O/c12-7-1-4-10(16)9(5-7)11-14-13-6-15(11)8-2-3-8/h1,4-6,8,16H,2-3H2. The molecule has 0 spiro atoms. The Balaban J connectivity index is 2.13. The lowest BCUT2D eigenvalue weighted by Gasteiger charge is -2.06. The molecule has 4 nitrogen and oxygen atoms in total. The van der Waals surface area contributed by atoms with Crippen LogP contribution in [-0.4, -0.2) is 19.9 Å². The molecule has 5 heteroatoms. The van der Waals surface area contributed by atoms with Gasteiger partial charge in [-0.3, -0.25) is 0 Å². The van der Waals surface area contributed by atoms with Crippen molar-refractivity contribution in [2.75, 3.05) is 0 Å². The van der Waals surface area contributed by atoms with Gasteiger partial charge in [0.05, 0.1) is 5.56 Å². The molecule has 1 aromatic heterocycles. The lowest BCUT2D eigenvalue weighted by atomic mass is 10.2. The first-order valence-electron chi connectivity index (χ1n) is 5.14. The average molecular weight is 219 g/mol. The van der Waals surface area contributed by atoms with Gasteiger partial charge in [-0.25, -0.2) is 4.39 Å². The van der Waals surface area contributed by atoms with E-state index in [1.165, 1.54) is 18.2 Å². The van der Waals surface area contributed by atoms with Crippen molar-refractivity contribution in [2.45, 2.75) is 18.9 Å². The predicted molar refractivity (Wildman–Crippen MR) is 55.4 cm³/mol. The number of hydrogen-bond acceptors (Lipinski definition) is 3. The summed E-state index contributed by atoms with van der Waals surface area (Å²) in [6, 6.07) is 4.22. The summed E-state index contributed by atoms with van der Waals surface area (Å²) in [6.45, 7) is 0. The van der Waals surface area contributed by atoms with Crippen LogP contribution in [0.1, 0.15) is 18.9 Å². The van der Waals surface area contributed by atoms with Crippen LogP contribution < -0.4 is 0 Å². The van der Waals surface area contributed by atoms with Gasteiger partial charge in [-0.15, -0.1) is 10.2 Å². The number of aromatic hydroxyl groups is 1. The van der Waals surface area contributed by atoms with Crippen LogP contribution in [0, 0.1) is 5.82 Å². The Morgan fingerprint density at radius 2 is 2.19 bits per heavy atom. The molecule has 1 saturated carbocycles. The van der Waals surface area contributed by atoms with Gasteiger partial charge in [0.25, 0.3) is 0 Å². The number of phenols is 1. The maximum absolute atomic E-state index is 13.1. The highest BCUT2D eigenvalue weighted by Gasteiger charge is 2.27. The van der Waals surface area contributed by atoms with Crippen LogP contribution in [0.15, 0.2) is 24.5 Å². The highest BCUT2D eigenvalue weighted by Crippen LogP contribution is 2.39. The zero-order valence-corrected chi connectivity index (χ0v) is 8.47. The lowest BCUT2D eigenvalue weighted by molar-refractivity contribution is 0.474. The largest absolute Gasteiger partial charge is 0.507 e. The average Bonchev–Trinajstić information content (AvgIpc) is 3.01. The molecule has 1 aromatic carbocycles. The van der Waals surface area contributed by atoms with Crippen LogP contribution in [-0.2, 0) is 0 Å². The zero-order valence-electron chi connectivity index (χ0n) is 8.47. The van der Waals surface area contributed by atoms with E-state index < -0.39 is 5.82 Å². The highest BCUT2D eigenvalue weighted by atomic mass is 19.1. The van der Waals surface area contributed by atoms with Gasteiger partial charge >= 0.3 is 0 Å². The molecule has 0 saturated heterocycles. The van der Waals surface area contributed by atoms with Crippen molar-refractivity contribution >= 4 is 0 Å². The van der Waals surface area contributed by atoms with Crippen molar-refractivity contribution in [3.63, 3.8) is 0 Å². The van der Waals surface area contributed by atoms with E-state index in [4.69, 9.17) is 0 Å². The fourth-order valence-electron chi connectivity index (χ4n) is 1.74. The van der Waals surface area contributed by atoms with Crippen molar-refractivity contribution in [1.82, 2.24) is 14.8 Å². The Morgan fingerprint density at radius 3 is 2.94 bits per heavy atom. The quantitative estimate of drug-likeness (QED) is 0.841. The minimum atomic E-state index is -0.391. The van der Waals surface area contributed by atoms with E-state index >= 15 is 0 Å². The van der Waals surface area contributed by atoms with E-state index in [0.29, 0.717) is 17.4 Å². The zero-order chi connectivity index (χ0) is 11.1. The second-order valence-electron chi connectivity index (χ2n) is 3.95. The molecular formula is C11H10FN3O. The maximum Gasteiger partial charge on any atom is 0.167 e. The molecule has 0 radical (unpaired) electrons. The number of hydrogen-bond donors (Lipinski definition) is 1. The topological polar surface area (TPSA) is 50.9 Å². The first kappa shape index (κ1) is 9.33. The fourth-order valence-corrected chi connectivity index (χ4v) is 1.74.